The zero-order chi connectivity index (χ0) is 8.70. The van der Waals surface area contributed by atoms with Crippen LogP contribution in [0.5, 0.6) is 0 Å². The molecule has 0 aliphatic carbocycles. The van der Waals surface area contributed by atoms with Gasteiger partial charge in [-0.1, -0.05) is 0 Å². The van der Waals surface area contributed by atoms with Gasteiger partial charge in [-0.05, 0) is 0 Å². The zero-order valence-corrected chi connectivity index (χ0v) is 5.98. The maximum absolute atomic E-state index is 12.1. The van der Waals surface area contributed by atoms with Crippen molar-refractivity contribution >= 4 is 6.21 Å². The molecule has 0 saturated carbocycles. The predicted molar refractivity (Wildman–Crippen MR) is 33.4 cm³/mol. The Hall–Kier alpha value is -0.740. The Morgan fingerprint density at radius 1 is 1.55 bits per heavy atom. The normalized spacial score (nSPS) is 32.2. The molecular formula is C6H8F3NO. The highest BCUT2D eigenvalue weighted by atomic mass is 19.4. The first kappa shape index (κ1) is 8.36. The fraction of sp³-hybridized carbons (Fsp3) is 0.833. The Morgan fingerprint density at radius 2 is 2.09 bits per heavy atom. The minimum atomic E-state index is -4.43. The van der Waals surface area contributed by atoms with Gasteiger partial charge in [0.25, 0.3) is 5.54 Å². The van der Waals surface area contributed by atoms with Gasteiger partial charge in [0.05, 0.1) is 0 Å². The summed E-state index contributed by atoms with van der Waals surface area (Å²) in [7, 11) is 0. The van der Waals surface area contributed by atoms with Crippen LogP contribution in [0.15, 0.2) is 0 Å². The molecule has 0 amide bonds. The van der Waals surface area contributed by atoms with Gasteiger partial charge < -0.3 is 5.21 Å². The molecule has 1 unspecified atom stereocenters. The summed E-state index contributed by atoms with van der Waals surface area (Å²) in [6.45, 7) is 0.920. The number of alkyl halides is 3. The summed E-state index contributed by atoms with van der Waals surface area (Å²) in [4.78, 5) is 0. The Balaban J connectivity index is 2.92. The maximum atomic E-state index is 12.1. The molecule has 64 valence electrons. The van der Waals surface area contributed by atoms with E-state index in [4.69, 9.17) is 0 Å². The maximum Gasteiger partial charge on any atom is 0.455 e. The van der Waals surface area contributed by atoms with E-state index in [1.54, 1.807) is 0 Å². The van der Waals surface area contributed by atoms with E-state index in [1.165, 1.54) is 0 Å². The molecule has 11 heavy (non-hydrogen) atoms. The quantitative estimate of drug-likeness (QED) is 0.398. The second-order valence-electron chi connectivity index (χ2n) is 2.82. The van der Waals surface area contributed by atoms with Crippen molar-refractivity contribution in [2.45, 2.75) is 31.5 Å². The van der Waals surface area contributed by atoms with E-state index in [2.05, 4.69) is 0 Å². The predicted octanol–water partition coefficient (Wildman–Crippen LogP) is 1.68. The zero-order valence-electron chi connectivity index (χ0n) is 5.98. The number of halogens is 3. The highest BCUT2D eigenvalue weighted by Gasteiger charge is 2.60. The minimum Gasteiger partial charge on any atom is -0.623 e. The average molecular weight is 167 g/mol. The number of hydrogen-bond acceptors (Lipinski definition) is 1. The third-order valence-corrected chi connectivity index (χ3v) is 2.02. The fourth-order valence-corrected chi connectivity index (χ4v) is 1.04. The lowest BCUT2D eigenvalue weighted by Crippen LogP contribution is -2.47. The van der Waals surface area contributed by atoms with Crippen LogP contribution in [0.25, 0.3) is 0 Å². The van der Waals surface area contributed by atoms with Gasteiger partial charge in [-0.15, -0.1) is 0 Å². The summed E-state index contributed by atoms with van der Waals surface area (Å²) in [5, 5.41) is 10.7. The lowest BCUT2D eigenvalue weighted by Gasteiger charge is -2.25. The molecule has 0 aromatic heterocycles. The Morgan fingerprint density at radius 3 is 2.27 bits per heavy atom. The lowest BCUT2D eigenvalue weighted by atomic mass is 9.99. The third kappa shape index (κ3) is 1.08. The van der Waals surface area contributed by atoms with Gasteiger partial charge in [0.2, 0.25) is 0 Å². The van der Waals surface area contributed by atoms with Gasteiger partial charge in [0, 0.05) is 19.8 Å². The molecule has 1 aliphatic rings. The topological polar surface area (TPSA) is 26.1 Å². The van der Waals surface area contributed by atoms with Crippen molar-refractivity contribution in [3.8, 4) is 0 Å². The molecule has 0 aromatic carbocycles. The molecular weight excluding hydrogens is 159 g/mol. The molecule has 0 spiro atoms. The van der Waals surface area contributed by atoms with Crippen LogP contribution in [0.4, 0.5) is 13.2 Å². The van der Waals surface area contributed by atoms with E-state index in [1.807, 2.05) is 0 Å². The first-order chi connectivity index (χ1) is 4.88. The molecule has 1 aliphatic heterocycles. The smallest absolute Gasteiger partial charge is 0.455 e. The summed E-state index contributed by atoms with van der Waals surface area (Å²) in [5.74, 6) is 0. The number of rotatable bonds is 0. The summed E-state index contributed by atoms with van der Waals surface area (Å²) >= 11 is 0. The van der Waals surface area contributed by atoms with Crippen LogP contribution in [-0.4, -0.2) is 22.7 Å². The Labute approximate surface area is 61.9 Å². The number of hydroxylamine groups is 1. The van der Waals surface area contributed by atoms with Crippen molar-refractivity contribution in [3.05, 3.63) is 5.21 Å². The van der Waals surface area contributed by atoms with E-state index in [0.29, 0.717) is 0 Å². The second kappa shape index (κ2) is 2.12. The number of nitrogens with zero attached hydrogens (tertiary/aromatic N) is 1. The van der Waals surface area contributed by atoms with Crippen LogP contribution in [0.2, 0.25) is 0 Å². The van der Waals surface area contributed by atoms with Crippen LogP contribution in [0.1, 0.15) is 19.8 Å². The molecule has 0 N–H and O–H groups in total. The standard InChI is InChI=1S/C6H8F3NO/c1-5(6(7,8)9)3-2-4-10(5)11/h4H,2-3H2,1H3. The number of hydrogen-bond donors (Lipinski definition) is 0. The van der Waals surface area contributed by atoms with Crippen LogP contribution >= 0.6 is 0 Å². The minimum absolute atomic E-state index is 0.00694. The summed E-state index contributed by atoms with van der Waals surface area (Å²) < 4.78 is 36.4. The van der Waals surface area contributed by atoms with E-state index >= 15 is 0 Å². The van der Waals surface area contributed by atoms with Crippen LogP contribution in [0, 0.1) is 5.21 Å². The molecule has 0 aromatic rings. The van der Waals surface area contributed by atoms with Gasteiger partial charge in [-0.3, -0.25) is 0 Å². The van der Waals surface area contributed by atoms with E-state index in [-0.39, 0.29) is 17.6 Å². The van der Waals surface area contributed by atoms with E-state index in [9.17, 15) is 18.4 Å². The van der Waals surface area contributed by atoms with E-state index < -0.39 is 11.7 Å². The molecule has 0 bridgehead atoms. The molecule has 2 nitrogen and oxygen atoms in total. The molecule has 1 rings (SSSR count). The molecule has 5 heteroatoms. The van der Waals surface area contributed by atoms with Crippen molar-refractivity contribution in [1.29, 1.82) is 0 Å². The highest BCUT2D eigenvalue weighted by molar-refractivity contribution is 5.53. The largest absolute Gasteiger partial charge is 0.623 e. The Bertz CT molecular complexity index is 198. The van der Waals surface area contributed by atoms with Crippen molar-refractivity contribution < 1.29 is 17.9 Å². The second-order valence-corrected chi connectivity index (χ2v) is 2.82. The van der Waals surface area contributed by atoms with Gasteiger partial charge in [-0.25, -0.2) is 4.74 Å². The lowest BCUT2D eigenvalue weighted by molar-refractivity contribution is -0.579. The van der Waals surface area contributed by atoms with Crippen LogP contribution in [0.3, 0.4) is 0 Å². The van der Waals surface area contributed by atoms with Gasteiger partial charge in [-0.2, -0.15) is 13.2 Å². The summed E-state index contributed by atoms with van der Waals surface area (Å²) in [6.07, 6.45) is -3.32. The van der Waals surface area contributed by atoms with Crippen molar-refractivity contribution in [1.82, 2.24) is 0 Å². The van der Waals surface area contributed by atoms with Crippen molar-refractivity contribution in [2.75, 3.05) is 0 Å². The van der Waals surface area contributed by atoms with Gasteiger partial charge in [0.15, 0.2) is 6.21 Å². The first-order valence-electron chi connectivity index (χ1n) is 3.24. The average Bonchev–Trinajstić information content (AvgIpc) is 2.12. The molecule has 1 atom stereocenters. The van der Waals surface area contributed by atoms with Gasteiger partial charge in [0.1, 0.15) is 0 Å². The van der Waals surface area contributed by atoms with Gasteiger partial charge >= 0.3 is 6.18 Å². The third-order valence-electron chi connectivity index (χ3n) is 2.02. The molecule has 1 heterocycles. The summed E-state index contributed by atoms with van der Waals surface area (Å²) in [5.41, 5.74) is -2.19. The molecule has 0 radical (unpaired) electrons. The SMILES string of the molecule is CC1(C(F)(F)F)CCC=[N+]1[O-]. The highest BCUT2D eigenvalue weighted by Crippen LogP contribution is 2.38. The Kier molecular flexibility index (Phi) is 1.61. The molecule has 0 fully saturated rings. The van der Waals surface area contributed by atoms with Crippen LogP contribution in [-0.2, 0) is 0 Å². The fourth-order valence-electron chi connectivity index (χ4n) is 1.04. The summed E-state index contributed by atoms with van der Waals surface area (Å²) in [6, 6.07) is 0. The molecule has 0 saturated heterocycles. The monoisotopic (exact) mass is 167 g/mol. The van der Waals surface area contributed by atoms with Crippen molar-refractivity contribution in [2.24, 2.45) is 0 Å². The first-order valence-corrected chi connectivity index (χ1v) is 3.24. The van der Waals surface area contributed by atoms with Crippen molar-refractivity contribution in [3.63, 3.8) is 0 Å². The van der Waals surface area contributed by atoms with Crippen LogP contribution < -0.4 is 0 Å². The van der Waals surface area contributed by atoms with E-state index in [0.717, 1.165) is 13.1 Å².